The van der Waals surface area contributed by atoms with Gasteiger partial charge >= 0.3 is 0 Å². The van der Waals surface area contributed by atoms with Crippen molar-refractivity contribution in [3.63, 3.8) is 0 Å². The topological polar surface area (TPSA) is 94.1 Å². The van der Waals surface area contributed by atoms with Crippen LogP contribution in [-0.2, 0) is 13.0 Å². The van der Waals surface area contributed by atoms with Crippen LogP contribution >= 0.6 is 0 Å². The quantitative estimate of drug-likeness (QED) is 0.325. The summed E-state index contributed by atoms with van der Waals surface area (Å²) in [4.78, 5) is 14.9. The van der Waals surface area contributed by atoms with Crippen LogP contribution in [0, 0.1) is 0 Å². The van der Waals surface area contributed by atoms with Gasteiger partial charge in [0.1, 0.15) is 12.4 Å². The number of hydrogen-bond acceptors (Lipinski definition) is 6. The van der Waals surface area contributed by atoms with E-state index in [9.17, 15) is 9.90 Å². The fourth-order valence-electron chi connectivity index (χ4n) is 4.29. The summed E-state index contributed by atoms with van der Waals surface area (Å²) in [6, 6.07) is 19.7. The average molecular weight is 464 g/mol. The van der Waals surface area contributed by atoms with E-state index in [1.165, 1.54) is 11.1 Å². The lowest BCUT2D eigenvalue weighted by Gasteiger charge is -2.30. The van der Waals surface area contributed by atoms with Crippen molar-refractivity contribution < 1.29 is 19.7 Å². The second-order valence-corrected chi connectivity index (χ2v) is 8.66. The molecule has 3 aromatic rings. The van der Waals surface area contributed by atoms with Crippen LogP contribution in [0.1, 0.15) is 21.5 Å². The number of nitrogens with zero attached hydrogens (tertiary/aromatic N) is 1. The number of benzene rings is 3. The Labute approximate surface area is 200 Å². The van der Waals surface area contributed by atoms with Gasteiger partial charge in [-0.05, 0) is 52.6 Å². The predicted octanol–water partition coefficient (Wildman–Crippen LogP) is 1.95. The van der Waals surface area contributed by atoms with Gasteiger partial charge in [-0.3, -0.25) is 9.69 Å². The highest BCUT2D eigenvalue weighted by atomic mass is 16.5. The van der Waals surface area contributed by atoms with E-state index in [-0.39, 0.29) is 19.1 Å². The molecule has 7 nitrogen and oxygen atoms in total. The molecule has 0 spiro atoms. The summed E-state index contributed by atoms with van der Waals surface area (Å²) in [5, 5.41) is 27.1. The Morgan fingerprint density at radius 1 is 1.03 bits per heavy atom. The van der Waals surface area contributed by atoms with E-state index in [0.717, 1.165) is 36.0 Å². The number of ether oxygens (including phenoxy) is 1. The van der Waals surface area contributed by atoms with Crippen molar-refractivity contribution in [2.24, 2.45) is 0 Å². The number of fused-ring (bicyclic) bond motifs is 2. The van der Waals surface area contributed by atoms with Crippen molar-refractivity contribution in [2.75, 3.05) is 45.9 Å². The molecule has 4 rings (SSSR count). The maximum atomic E-state index is 12.7. The van der Waals surface area contributed by atoms with Gasteiger partial charge in [0, 0.05) is 44.8 Å². The van der Waals surface area contributed by atoms with Crippen LogP contribution in [0.3, 0.4) is 0 Å². The molecule has 3 aromatic carbocycles. The highest BCUT2D eigenvalue weighted by Crippen LogP contribution is 2.22. The maximum absolute atomic E-state index is 12.7. The lowest BCUT2D eigenvalue weighted by atomic mass is 10.00. The molecule has 34 heavy (non-hydrogen) atoms. The maximum Gasteiger partial charge on any atom is 0.251 e. The van der Waals surface area contributed by atoms with E-state index in [4.69, 9.17) is 9.84 Å². The molecule has 0 aliphatic carbocycles. The van der Waals surface area contributed by atoms with E-state index in [2.05, 4.69) is 39.8 Å². The Balaban J connectivity index is 1.26. The van der Waals surface area contributed by atoms with Crippen molar-refractivity contribution in [2.45, 2.75) is 19.1 Å². The average Bonchev–Trinajstić information content (AvgIpc) is 2.86. The lowest BCUT2D eigenvalue weighted by Crippen LogP contribution is -2.42. The summed E-state index contributed by atoms with van der Waals surface area (Å²) in [5.74, 6) is 0.569. The number of β-amino-alcohol motifs (C(OH)–C–C–N with tert-alkyl or cyclic N) is 1. The van der Waals surface area contributed by atoms with Gasteiger partial charge in [0.2, 0.25) is 0 Å². The standard InChI is InChI=1S/C27H33N3O4/c31-13-10-28-11-14-34-26-8-7-21-15-23(6-5-22(21)16-26)27(33)29-17-25(32)19-30-12-9-20-3-1-2-4-24(20)18-30/h1-8,15-16,25,28,31-32H,9-14,17-19H2,(H,29,33)/t25-/m0/s1. The van der Waals surface area contributed by atoms with Crippen molar-refractivity contribution in [3.05, 3.63) is 77.4 Å². The van der Waals surface area contributed by atoms with Gasteiger partial charge in [-0.1, -0.05) is 36.4 Å². The van der Waals surface area contributed by atoms with Crippen LogP contribution in [0.25, 0.3) is 10.8 Å². The number of carbonyl (C=O) groups excluding carboxylic acids is 1. The summed E-state index contributed by atoms with van der Waals surface area (Å²) in [6.07, 6.45) is 0.362. The zero-order valence-corrected chi connectivity index (χ0v) is 19.4. The molecule has 7 heteroatoms. The molecule has 4 N–H and O–H groups in total. The fourth-order valence-corrected chi connectivity index (χ4v) is 4.29. The smallest absolute Gasteiger partial charge is 0.251 e. The normalized spacial score (nSPS) is 14.5. The van der Waals surface area contributed by atoms with Crippen LogP contribution in [0.5, 0.6) is 5.75 Å². The number of hydrogen-bond donors (Lipinski definition) is 4. The number of carbonyl (C=O) groups is 1. The molecule has 1 amide bonds. The van der Waals surface area contributed by atoms with Crippen LogP contribution in [0.4, 0.5) is 0 Å². The van der Waals surface area contributed by atoms with Crippen molar-refractivity contribution in [1.82, 2.24) is 15.5 Å². The van der Waals surface area contributed by atoms with E-state index in [0.29, 0.717) is 31.8 Å². The molecule has 0 bridgehead atoms. The first-order valence-corrected chi connectivity index (χ1v) is 11.9. The highest BCUT2D eigenvalue weighted by molar-refractivity contribution is 5.98. The van der Waals surface area contributed by atoms with Crippen LogP contribution in [-0.4, -0.2) is 73.1 Å². The van der Waals surface area contributed by atoms with Gasteiger partial charge < -0.3 is 25.6 Å². The summed E-state index contributed by atoms with van der Waals surface area (Å²) in [5.41, 5.74) is 3.26. The van der Waals surface area contributed by atoms with Gasteiger partial charge in [-0.15, -0.1) is 0 Å². The number of nitrogens with one attached hydrogen (secondary N) is 2. The predicted molar refractivity (Wildman–Crippen MR) is 133 cm³/mol. The van der Waals surface area contributed by atoms with Crippen LogP contribution in [0.2, 0.25) is 0 Å². The zero-order chi connectivity index (χ0) is 23.8. The SMILES string of the molecule is O=C(NC[C@H](O)CN1CCc2ccccc2C1)c1ccc2cc(OCCNCCO)ccc2c1. The monoisotopic (exact) mass is 463 g/mol. The Kier molecular flexibility index (Phi) is 8.49. The van der Waals surface area contributed by atoms with E-state index in [1.54, 1.807) is 6.07 Å². The molecule has 180 valence electrons. The lowest BCUT2D eigenvalue weighted by molar-refractivity contribution is 0.0842. The molecule has 1 heterocycles. The molecule has 0 saturated carbocycles. The fraction of sp³-hybridized carbons (Fsp3) is 0.370. The first-order valence-electron chi connectivity index (χ1n) is 11.9. The first-order chi connectivity index (χ1) is 16.6. The molecule has 0 aromatic heterocycles. The van der Waals surface area contributed by atoms with E-state index >= 15 is 0 Å². The Morgan fingerprint density at radius 2 is 1.82 bits per heavy atom. The van der Waals surface area contributed by atoms with Gasteiger partial charge in [0.05, 0.1) is 12.7 Å². The largest absolute Gasteiger partial charge is 0.492 e. The molecule has 0 fully saturated rings. The summed E-state index contributed by atoms with van der Waals surface area (Å²) in [7, 11) is 0. The van der Waals surface area contributed by atoms with Crippen LogP contribution < -0.4 is 15.4 Å². The molecule has 1 aliphatic rings. The number of aliphatic hydroxyl groups excluding tert-OH is 2. The second-order valence-electron chi connectivity index (χ2n) is 8.66. The minimum Gasteiger partial charge on any atom is -0.492 e. The van der Waals surface area contributed by atoms with Crippen molar-refractivity contribution >= 4 is 16.7 Å². The summed E-state index contributed by atoms with van der Waals surface area (Å²) in [6.45, 7) is 4.33. The minimum atomic E-state index is -0.624. The third-order valence-electron chi connectivity index (χ3n) is 6.09. The van der Waals surface area contributed by atoms with Gasteiger partial charge in [-0.2, -0.15) is 0 Å². The number of rotatable bonds is 11. The van der Waals surface area contributed by atoms with Gasteiger partial charge in [0.15, 0.2) is 0 Å². The summed E-state index contributed by atoms with van der Waals surface area (Å²) >= 11 is 0. The van der Waals surface area contributed by atoms with Crippen LogP contribution in [0.15, 0.2) is 60.7 Å². The molecule has 0 saturated heterocycles. The molecular weight excluding hydrogens is 430 g/mol. The second kappa shape index (κ2) is 11.9. The molecule has 1 atom stereocenters. The Hall–Kier alpha value is -2.97. The molecule has 0 unspecified atom stereocenters. The van der Waals surface area contributed by atoms with Gasteiger partial charge in [-0.25, -0.2) is 0 Å². The minimum absolute atomic E-state index is 0.109. The molecule has 0 radical (unpaired) electrons. The molecular formula is C27H33N3O4. The van der Waals surface area contributed by atoms with Crippen molar-refractivity contribution in [1.29, 1.82) is 0 Å². The Morgan fingerprint density at radius 3 is 2.68 bits per heavy atom. The third-order valence-corrected chi connectivity index (χ3v) is 6.09. The third kappa shape index (κ3) is 6.55. The number of aliphatic hydroxyl groups is 2. The van der Waals surface area contributed by atoms with E-state index < -0.39 is 6.10 Å². The number of amides is 1. The van der Waals surface area contributed by atoms with Gasteiger partial charge in [0.25, 0.3) is 5.91 Å². The van der Waals surface area contributed by atoms with Crippen molar-refractivity contribution in [3.8, 4) is 5.75 Å². The summed E-state index contributed by atoms with van der Waals surface area (Å²) < 4.78 is 5.73. The highest BCUT2D eigenvalue weighted by Gasteiger charge is 2.19. The van der Waals surface area contributed by atoms with E-state index in [1.807, 2.05) is 30.3 Å². The first kappa shape index (κ1) is 24.2. The zero-order valence-electron chi connectivity index (χ0n) is 19.4. The molecule has 1 aliphatic heterocycles. The Bertz CT molecular complexity index is 1100.